The van der Waals surface area contributed by atoms with E-state index in [9.17, 15) is 4.79 Å². The van der Waals surface area contributed by atoms with Crippen molar-refractivity contribution in [2.75, 3.05) is 0 Å². The van der Waals surface area contributed by atoms with E-state index in [1.54, 1.807) is 11.3 Å². The lowest BCUT2D eigenvalue weighted by atomic mass is 10.1. The Balaban J connectivity index is 2.23. The molecule has 1 aromatic rings. The summed E-state index contributed by atoms with van der Waals surface area (Å²) in [4.78, 5) is 11.2. The molecule has 12 heavy (non-hydrogen) atoms. The standard InChI is InChI=1S/C10H10OS/c11-10-3-1-2-9(10)6-8-4-5-12-7-8/h4-7H,1-3H2. The fourth-order valence-corrected chi connectivity index (χ4v) is 2.07. The van der Waals surface area contributed by atoms with Gasteiger partial charge in [0.05, 0.1) is 0 Å². The van der Waals surface area contributed by atoms with Crippen LogP contribution in [0.25, 0.3) is 6.08 Å². The summed E-state index contributed by atoms with van der Waals surface area (Å²) in [6, 6.07) is 2.04. The van der Waals surface area contributed by atoms with Gasteiger partial charge in [-0.05, 0) is 46.9 Å². The SMILES string of the molecule is O=C1CCCC1=Cc1ccsc1. The summed E-state index contributed by atoms with van der Waals surface area (Å²) in [6.45, 7) is 0. The number of ketones is 1. The Morgan fingerprint density at radius 2 is 2.33 bits per heavy atom. The molecule has 0 bridgehead atoms. The van der Waals surface area contributed by atoms with Crippen LogP contribution in [0.4, 0.5) is 0 Å². The van der Waals surface area contributed by atoms with E-state index in [0.29, 0.717) is 5.78 Å². The Morgan fingerprint density at radius 3 is 2.92 bits per heavy atom. The molecule has 0 unspecified atom stereocenters. The molecule has 1 heterocycles. The van der Waals surface area contributed by atoms with Crippen molar-refractivity contribution in [1.82, 2.24) is 0 Å². The minimum Gasteiger partial charge on any atom is -0.295 e. The Hall–Kier alpha value is -0.890. The third-order valence-electron chi connectivity index (χ3n) is 2.09. The first-order chi connectivity index (χ1) is 5.86. The molecule has 1 nitrogen and oxygen atoms in total. The van der Waals surface area contributed by atoms with E-state index in [1.807, 2.05) is 17.5 Å². The minimum absolute atomic E-state index is 0.334. The number of hydrogen-bond donors (Lipinski definition) is 0. The molecule has 1 aliphatic rings. The summed E-state index contributed by atoms with van der Waals surface area (Å²) in [7, 11) is 0. The van der Waals surface area contributed by atoms with Crippen molar-refractivity contribution < 1.29 is 4.79 Å². The van der Waals surface area contributed by atoms with Crippen LogP contribution in [0.5, 0.6) is 0 Å². The highest BCUT2D eigenvalue weighted by Crippen LogP contribution is 2.23. The van der Waals surface area contributed by atoms with Gasteiger partial charge in [-0.25, -0.2) is 0 Å². The zero-order valence-electron chi connectivity index (χ0n) is 6.75. The number of Topliss-reactive ketones (excluding diaryl/α,β-unsaturated/α-hetero) is 1. The van der Waals surface area contributed by atoms with Gasteiger partial charge in [0.15, 0.2) is 5.78 Å². The molecule has 2 heteroatoms. The molecule has 2 rings (SSSR count). The monoisotopic (exact) mass is 178 g/mol. The van der Waals surface area contributed by atoms with Crippen LogP contribution < -0.4 is 0 Å². The van der Waals surface area contributed by atoms with Crippen molar-refractivity contribution in [2.24, 2.45) is 0 Å². The topological polar surface area (TPSA) is 17.1 Å². The summed E-state index contributed by atoms with van der Waals surface area (Å²) in [6.07, 6.45) is 4.77. The summed E-state index contributed by atoms with van der Waals surface area (Å²) in [5.74, 6) is 0.334. The lowest BCUT2D eigenvalue weighted by molar-refractivity contribution is -0.114. The summed E-state index contributed by atoms with van der Waals surface area (Å²) < 4.78 is 0. The molecule has 0 saturated heterocycles. The van der Waals surface area contributed by atoms with Crippen LogP contribution in [-0.4, -0.2) is 5.78 Å². The Bertz CT molecular complexity index is 309. The van der Waals surface area contributed by atoms with Crippen LogP contribution >= 0.6 is 11.3 Å². The molecule has 0 atom stereocenters. The van der Waals surface area contributed by atoms with Gasteiger partial charge in [0.1, 0.15) is 0 Å². The largest absolute Gasteiger partial charge is 0.295 e. The fourth-order valence-electron chi connectivity index (χ4n) is 1.45. The molecule has 0 amide bonds. The number of carbonyl (C=O) groups excluding carboxylic acids is 1. The van der Waals surface area contributed by atoms with Crippen molar-refractivity contribution in [2.45, 2.75) is 19.3 Å². The third-order valence-corrected chi connectivity index (χ3v) is 2.79. The molecule has 1 saturated carbocycles. The van der Waals surface area contributed by atoms with Gasteiger partial charge in [-0.1, -0.05) is 0 Å². The first-order valence-electron chi connectivity index (χ1n) is 4.12. The highest BCUT2D eigenvalue weighted by Gasteiger charge is 2.16. The molecule has 1 aliphatic carbocycles. The first kappa shape index (κ1) is 7.74. The van der Waals surface area contributed by atoms with E-state index >= 15 is 0 Å². The molecule has 0 N–H and O–H groups in total. The second-order valence-corrected chi connectivity index (χ2v) is 3.78. The van der Waals surface area contributed by atoms with Crippen LogP contribution in [0.15, 0.2) is 22.4 Å². The molecular weight excluding hydrogens is 168 g/mol. The smallest absolute Gasteiger partial charge is 0.158 e. The number of carbonyl (C=O) groups is 1. The van der Waals surface area contributed by atoms with Gasteiger partial charge in [-0.15, -0.1) is 0 Å². The minimum atomic E-state index is 0.334. The van der Waals surface area contributed by atoms with Crippen molar-refractivity contribution >= 4 is 23.2 Å². The number of hydrogen-bond acceptors (Lipinski definition) is 2. The maximum Gasteiger partial charge on any atom is 0.158 e. The van der Waals surface area contributed by atoms with Gasteiger partial charge >= 0.3 is 0 Å². The quantitative estimate of drug-likeness (QED) is 0.604. The molecule has 62 valence electrons. The van der Waals surface area contributed by atoms with Gasteiger partial charge in [0, 0.05) is 6.42 Å². The van der Waals surface area contributed by atoms with Crippen molar-refractivity contribution in [3.05, 3.63) is 28.0 Å². The number of thiophene rings is 1. The van der Waals surface area contributed by atoms with Crippen molar-refractivity contribution in [3.63, 3.8) is 0 Å². The first-order valence-corrected chi connectivity index (χ1v) is 5.06. The number of allylic oxidation sites excluding steroid dienone is 1. The average Bonchev–Trinajstić information content (AvgIpc) is 2.65. The van der Waals surface area contributed by atoms with Crippen molar-refractivity contribution in [1.29, 1.82) is 0 Å². The van der Waals surface area contributed by atoms with E-state index in [2.05, 4.69) is 5.38 Å². The van der Waals surface area contributed by atoms with Crippen LogP contribution in [0.2, 0.25) is 0 Å². The predicted octanol–water partition coefficient (Wildman–Crippen LogP) is 2.88. The van der Waals surface area contributed by atoms with Gasteiger partial charge in [-0.2, -0.15) is 11.3 Å². The van der Waals surface area contributed by atoms with Crippen LogP contribution in [0.3, 0.4) is 0 Å². The fraction of sp³-hybridized carbons (Fsp3) is 0.300. The van der Waals surface area contributed by atoms with E-state index in [4.69, 9.17) is 0 Å². The average molecular weight is 178 g/mol. The van der Waals surface area contributed by atoms with E-state index < -0.39 is 0 Å². The Labute approximate surface area is 75.7 Å². The van der Waals surface area contributed by atoms with Gasteiger partial charge in [-0.3, -0.25) is 4.79 Å². The van der Waals surface area contributed by atoms with E-state index in [0.717, 1.165) is 24.8 Å². The van der Waals surface area contributed by atoms with E-state index in [-0.39, 0.29) is 0 Å². The normalized spacial score (nSPS) is 20.7. The van der Waals surface area contributed by atoms with Crippen molar-refractivity contribution in [3.8, 4) is 0 Å². The predicted molar refractivity (Wildman–Crippen MR) is 51.2 cm³/mol. The van der Waals surface area contributed by atoms with Crippen LogP contribution in [0, 0.1) is 0 Å². The molecular formula is C10H10OS. The summed E-state index contributed by atoms with van der Waals surface area (Å²) in [5.41, 5.74) is 2.18. The Morgan fingerprint density at radius 1 is 1.42 bits per heavy atom. The second-order valence-electron chi connectivity index (χ2n) is 3.00. The maximum atomic E-state index is 11.2. The lowest BCUT2D eigenvalue weighted by Gasteiger charge is -1.90. The maximum absolute atomic E-state index is 11.2. The highest BCUT2D eigenvalue weighted by molar-refractivity contribution is 7.08. The van der Waals surface area contributed by atoms with Gasteiger partial charge in [0.25, 0.3) is 0 Å². The molecule has 0 aromatic carbocycles. The van der Waals surface area contributed by atoms with Gasteiger partial charge < -0.3 is 0 Å². The molecule has 1 aromatic heterocycles. The van der Waals surface area contributed by atoms with E-state index in [1.165, 1.54) is 5.56 Å². The zero-order chi connectivity index (χ0) is 8.39. The molecule has 0 spiro atoms. The van der Waals surface area contributed by atoms with Crippen LogP contribution in [-0.2, 0) is 4.79 Å². The summed E-state index contributed by atoms with van der Waals surface area (Å²) >= 11 is 1.67. The number of rotatable bonds is 1. The highest BCUT2D eigenvalue weighted by atomic mass is 32.1. The molecule has 0 aliphatic heterocycles. The molecule has 1 fully saturated rings. The second kappa shape index (κ2) is 3.23. The van der Waals surface area contributed by atoms with Crippen LogP contribution in [0.1, 0.15) is 24.8 Å². The lowest BCUT2D eigenvalue weighted by Crippen LogP contribution is -1.89. The van der Waals surface area contributed by atoms with Gasteiger partial charge in [0.2, 0.25) is 0 Å². The molecule has 0 radical (unpaired) electrons. The third kappa shape index (κ3) is 1.48. The summed E-state index contributed by atoms with van der Waals surface area (Å²) in [5, 5.41) is 4.10. The Kier molecular flexibility index (Phi) is 2.09. The zero-order valence-corrected chi connectivity index (χ0v) is 7.56.